The molecule has 1 amide bonds. The highest BCUT2D eigenvalue weighted by Gasteiger charge is 2.20. The van der Waals surface area contributed by atoms with Crippen molar-refractivity contribution in [1.29, 1.82) is 0 Å². The Hall–Kier alpha value is -2.38. The van der Waals surface area contributed by atoms with Gasteiger partial charge in [0, 0.05) is 27.2 Å². The molecule has 0 fully saturated rings. The summed E-state index contributed by atoms with van der Waals surface area (Å²) >= 11 is 2.82. The number of hydrogen-bond acceptors (Lipinski definition) is 5. The monoisotopic (exact) mass is 389 g/mol. The summed E-state index contributed by atoms with van der Waals surface area (Å²) in [6, 6.07) is 13.6. The van der Waals surface area contributed by atoms with E-state index in [2.05, 4.69) is 5.32 Å². The molecule has 0 unspecified atom stereocenters. The van der Waals surface area contributed by atoms with Crippen LogP contribution in [-0.4, -0.2) is 24.7 Å². The van der Waals surface area contributed by atoms with Crippen LogP contribution in [0.5, 0.6) is 0 Å². The number of thioether (sulfide) groups is 1. The van der Waals surface area contributed by atoms with Gasteiger partial charge in [0.2, 0.25) is 5.91 Å². The fourth-order valence-electron chi connectivity index (χ4n) is 2.42. The number of rotatable bonds is 6. The molecule has 0 aliphatic rings. The quantitative estimate of drug-likeness (QED) is 0.479. The third kappa shape index (κ3) is 4.23. The molecule has 26 heavy (non-hydrogen) atoms. The maximum Gasteiger partial charge on any atom is 0.341 e. The molecular weight excluding hydrogens is 373 g/mol. The highest BCUT2D eigenvalue weighted by atomic mass is 32.2. The number of thiophene rings is 1. The van der Waals surface area contributed by atoms with Crippen molar-refractivity contribution in [1.82, 2.24) is 0 Å². The zero-order chi connectivity index (χ0) is 18.5. The van der Waals surface area contributed by atoms with Gasteiger partial charge in [0.1, 0.15) is 16.4 Å². The molecule has 0 bridgehead atoms. The number of amides is 1. The van der Waals surface area contributed by atoms with E-state index in [4.69, 9.17) is 4.74 Å². The van der Waals surface area contributed by atoms with Crippen LogP contribution < -0.4 is 5.32 Å². The summed E-state index contributed by atoms with van der Waals surface area (Å²) in [5, 5.41) is 4.08. The van der Waals surface area contributed by atoms with Crippen molar-refractivity contribution in [2.24, 2.45) is 0 Å². The van der Waals surface area contributed by atoms with Gasteiger partial charge in [-0.05, 0) is 30.3 Å². The first kappa shape index (κ1) is 18.4. The van der Waals surface area contributed by atoms with Gasteiger partial charge in [-0.25, -0.2) is 9.18 Å². The van der Waals surface area contributed by atoms with Gasteiger partial charge in [0.05, 0.1) is 7.11 Å². The van der Waals surface area contributed by atoms with E-state index in [-0.39, 0.29) is 18.1 Å². The fraction of sp³-hybridized carbons (Fsp3) is 0.158. The first-order chi connectivity index (χ1) is 12.6. The van der Waals surface area contributed by atoms with Gasteiger partial charge < -0.3 is 10.1 Å². The van der Waals surface area contributed by atoms with Crippen LogP contribution in [0.25, 0.3) is 10.1 Å². The number of methoxy groups -OCH3 is 1. The Kier molecular flexibility index (Phi) is 5.90. The van der Waals surface area contributed by atoms with Gasteiger partial charge in [-0.15, -0.1) is 23.1 Å². The van der Waals surface area contributed by atoms with Gasteiger partial charge in [0.25, 0.3) is 0 Å². The number of fused-ring (bicyclic) bond motifs is 1. The number of anilines is 1. The number of benzene rings is 2. The van der Waals surface area contributed by atoms with Gasteiger partial charge in [-0.3, -0.25) is 4.79 Å². The molecule has 0 spiro atoms. The number of esters is 1. The van der Waals surface area contributed by atoms with Crippen molar-refractivity contribution in [3.05, 3.63) is 59.9 Å². The minimum atomic E-state index is -0.474. The summed E-state index contributed by atoms with van der Waals surface area (Å²) < 4.78 is 18.7. The molecule has 134 valence electrons. The van der Waals surface area contributed by atoms with E-state index in [1.165, 1.54) is 42.3 Å². The van der Waals surface area contributed by atoms with Crippen molar-refractivity contribution in [3.63, 3.8) is 0 Å². The zero-order valence-corrected chi connectivity index (χ0v) is 15.6. The number of ether oxygens (including phenoxy) is 1. The van der Waals surface area contributed by atoms with E-state index in [1.807, 2.05) is 24.3 Å². The Morgan fingerprint density at radius 2 is 1.88 bits per heavy atom. The highest BCUT2D eigenvalue weighted by Crippen LogP contribution is 2.36. The second-order valence-electron chi connectivity index (χ2n) is 5.39. The lowest BCUT2D eigenvalue weighted by molar-refractivity contribution is -0.115. The van der Waals surface area contributed by atoms with Crippen molar-refractivity contribution in [3.8, 4) is 0 Å². The van der Waals surface area contributed by atoms with Gasteiger partial charge in [-0.2, -0.15) is 0 Å². The predicted octanol–water partition coefficient (Wildman–Crippen LogP) is 4.95. The van der Waals surface area contributed by atoms with Crippen LogP contribution in [0.3, 0.4) is 0 Å². The van der Waals surface area contributed by atoms with Crippen LogP contribution >= 0.6 is 23.1 Å². The van der Waals surface area contributed by atoms with Crippen LogP contribution in [-0.2, 0) is 9.53 Å². The molecule has 2 aromatic carbocycles. The standard InChI is InChI=1S/C19H16FNO3S2/c1-24-19(23)17-14-4-2-3-5-15(14)26-18(17)21-16(22)10-11-25-13-8-6-12(20)7-9-13/h2-9H,10-11H2,1H3,(H,21,22). The molecule has 0 atom stereocenters. The number of nitrogens with one attached hydrogen (secondary N) is 1. The Balaban J connectivity index is 1.67. The maximum absolute atomic E-state index is 12.9. The van der Waals surface area contributed by atoms with E-state index >= 15 is 0 Å². The molecule has 7 heteroatoms. The first-order valence-corrected chi connectivity index (χ1v) is 9.67. The first-order valence-electron chi connectivity index (χ1n) is 7.86. The van der Waals surface area contributed by atoms with Crippen molar-refractivity contribution >= 4 is 50.1 Å². The van der Waals surface area contributed by atoms with Crippen LogP contribution in [0.4, 0.5) is 9.39 Å². The normalized spacial score (nSPS) is 10.7. The molecular formula is C19H16FNO3S2. The topological polar surface area (TPSA) is 55.4 Å². The van der Waals surface area contributed by atoms with E-state index in [0.717, 1.165) is 15.0 Å². The molecule has 1 N–H and O–H groups in total. The Labute approximate surface area is 158 Å². The van der Waals surface area contributed by atoms with Crippen molar-refractivity contribution in [2.75, 3.05) is 18.2 Å². The van der Waals surface area contributed by atoms with Crippen LogP contribution in [0.15, 0.2) is 53.4 Å². The second-order valence-corrected chi connectivity index (χ2v) is 7.62. The van der Waals surface area contributed by atoms with Crippen molar-refractivity contribution in [2.45, 2.75) is 11.3 Å². The summed E-state index contributed by atoms with van der Waals surface area (Å²) in [6.45, 7) is 0. The Bertz CT molecular complexity index is 938. The van der Waals surface area contributed by atoms with E-state index < -0.39 is 5.97 Å². The molecule has 0 aliphatic carbocycles. The lowest BCUT2D eigenvalue weighted by Crippen LogP contribution is -2.14. The minimum absolute atomic E-state index is 0.184. The molecule has 3 rings (SSSR count). The zero-order valence-electron chi connectivity index (χ0n) is 14.0. The lowest BCUT2D eigenvalue weighted by atomic mass is 10.1. The van der Waals surface area contributed by atoms with E-state index in [9.17, 15) is 14.0 Å². The average Bonchev–Trinajstić information content (AvgIpc) is 3.00. The molecule has 0 aliphatic heterocycles. The van der Waals surface area contributed by atoms with Gasteiger partial charge >= 0.3 is 5.97 Å². The van der Waals surface area contributed by atoms with E-state index in [1.54, 1.807) is 12.1 Å². The Morgan fingerprint density at radius 3 is 2.62 bits per heavy atom. The summed E-state index contributed by atoms with van der Waals surface area (Å²) in [6.07, 6.45) is 0.275. The lowest BCUT2D eigenvalue weighted by Gasteiger charge is -2.06. The molecule has 0 saturated heterocycles. The molecule has 0 saturated carbocycles. The van der Waals surface area contributed by atoms with E-state index in [0.29, 0.717) is 16.3 Å². The summed E-state index contributed by atoms with van der Waals surface area (Å²) in [5.74, 6) is -0.391. The molecule has 4 nitrogen and oxygen atoms in total. The fourth-order valence-corrected chi connectivity index (χ4v) is 4.38. The third-order valence-electron chi connectivity index (χ3n) is 3.65. The number of halogens is 1. The summed E-state index contributed by atoms with van der Waals surface area (Å²) in [4.78, 5) is 25.3. The average molecular weight is 389 g/mol. The summed E-state index contributed by atoms with van der Waals surface area (Å²) in [7, 11) is 1.32. The minimum Gasteiger partial charge on any atom is -0.465 e. The smallest absolute Gasteiger partial charge is 0.341 e. The van der Waals surface area contributed by atoms with Crippen LogP contribution in [0.1, 0.15) is 16.8 Å². The number of hydrogen-bond donors (Lipinski definition) is 1. The summed E-state index contributed by atoms with van der Waals surface area (Å²) in [5.41, 5.74) is 0.382. The second kappa shape index (κ2) is 8.33. The third-order valence-corrected chi connectivity index (χ3v) is 5.75. The highest BCUT2D eigenvalue weighted by molar-refractivity contribution is 7.99. The maximum atomic E-state index is 12.9. The van der Waals surface area contributed by atoms with Gasteiger partial charge in [-0.1, -0.05) is 18.2 Å². The predicted molar refractivity (Wildman–Crippen MR) is 104 cm³/mol. The molecule has 3 aromatic rings. The number of carbonyl (C=O) groups excluding carboxylic acids is 2. The van der Waals surface area contributed by atoms with Gasteiger partial charge in [0.15, 0.2) is 0 Å². The van der Waals surface area contributed by atoms with Crippen molar-refractivity contribution < 1.29 is 18.7 Å². The largest absolute Gasteiger partial charge is 0.465 e. The Morgan fingerprint density at radius 1 is 1.15 bits per heavy atom. The molecule has 1 heterocycles. The number of carbonyl (C=O) groups is 2. The molecule has 0 radical (unpaired) electrons. The van der Waals surface area contributed by atoms with Crippen LogP contribution in [0, 0.1) is 5.82 Å². The van der Waals surface area contributed by atoms with Crippen LogP contribution in [0.2, 0.25) is 0 Å². The molecule has 1 aromatic heterocycles. The SMILES string of the molecule is COC(=O)c1c(NC(=O)CCSc2ccc(F)cc2)sc2ccccc12.